The van der Waals surface area contributed by atoms with E-state index in [2.05, 4.69) is 0 Å². The quantitative estimate of drug-likeness (QED) is 0.676. The fourth-order valence-electron chi connectivity index (χ4n) is 1.26. The first-order valence-corrected chi connectivity index (χ1v) is 6.12. The number of hydrogen-bond donors (Lipinski definition) is 0. The average molecular weight is 212 g/mol. The second kappa shape index (κ2) is 5.80. The Bertz CT molecular complexity index is 257. The number of rotatable bonds is 5. The smallest absolute Gasteiger partial charge is 0.355 e. The minimum Gasteiger partial charge on any atom is -0.494 e. The van der Waals surface area contributed by atoms with Gasteiger partial charge in [0.05, 0.1) is 6.61 Å². The Hall–Kier alpha value is -0.843. The maximum atomic E-state index is 5.34. The van der Waals surface area contributed by atoms with Crippen LogP contribution in [0, 0.1) is 0 Å². The van der Waals surface area contributed by atoms with Gasteiger partial charge in [0.15, 0.2) is 0 Å². The normalized spacial score (nSPS) is 10.6. The minimum absolute atomic E-state index is 0.689. The van der Waals surface area contributed by atoms with Gasteiger partial charge in [0.2, 0.25) is 0 Å². The van der Waals surface area contributed by atoms with E-state index >= 15 is 0 Å². The predicted molar refractivity (Wildman–Crippen MR) is 58.4 cm³/mol. The van der Waals surface area contributed by atoms with E-state index in [-0.39, 0.29) is 0 Å². The average Bonchev–Trinajstić information content (AvgIpc) is 2.23. The highest BCUT2D eigenvalue weighted by atomic mass is 28.3. The Balaban J connectivity index is 2.71. The van der Waals surface area contributed by atoms with Gasteiger partial charge in [-0.05, 0) is 24.2 Å². The van der Waals surface area contributed by atoms with Gasteiger partial charge in [0, 0.05) is 14.2 Å². The summed E-state index contributed by atoms with van der Waals surface area (Å²) in [5.74, 6) is 0.885. The van der Waals surface area contributed by atoms with Crippen molar-refractivity contribution in [1.29, 1.82) is 0 Å². The van der Waals surface area contributed by atoms with Crippen LogP contribution in [0.4, 0.5) is 0 Å². The maximum absolute atomic E-state index is 5.34. The first-order valence-electron chi connectivity index (χ1n) is 4.60. The predicted octanol–water partition coefficient (Wildman–Crippen LogP) is 0.806. The van der Waals surface area contributed by atoms with Crippen LogP contribution < -0.4 is 9.92 Å². The molecule has 0 aliphatic carbocycles. The summed E-state index contributed by atoms with van der Waals surface area (Å²) in [5, 5.41) is 1.12. The van der Waals surface area contributed by atoms with Crippen molar-refractivity contribution >= 4 is 14.5 Å². The molecule has 3 nitrogen and oxygen atoms in total. The Kier molecular flexibility index (Phi) is 4.65. The molecule has 0 aromatic heterocycles. The van der Waals surface area contributed by atoms with Crippen molar-refractivity contribution in [2.24, 2.45) is 0 Å². The molecule has 0 atom stereocenters. The summed E-state index contributed by atoms with van der Waals surface area (Å²) in [6.45, 7) is 2.66. The molecule has 0 spiro atoms. The molecule has 0 radical (unpaired) electrons. The Labute approximate surface area is 86.5 Å². The molecule has 0 aliphatic rings. The summed E-state index contributed by atoms with van der Waals surface area (Å²) in [7, 11) is 1.71. The van der Waals surface area contributed by atoms with E-state index in [1.165, 1.54) is 0 Å². The van der Waals surface area contributed by atoms with Gasteiger partial charge in [-0.25, -0.2) is 0 Å². The lowest BCUT2D eigenvalue weighted by molar-refractivity contribution is 0.292. The Morgan fingerprint density at radius 2 is 1.64 bits per heavy atom. The van der Waals surface area contributed by atoms with Gasteiger partial charge in [0.1, 0.15) is 5.75 Å². The number of ether oxygens (including phenoxy) is 1. The van der Waals surface area contributed by atoms with Crippen molar-refractivity contribution in [3.8, 4) is 5.75 Å². The molecular weight excluding hydrogens is 196 g/mol. The topological polar surface area (TPSA) is 27.7 Å². The van der Waals surface area contributed by atoms with E-state index in [1.54, 1.807) is 14.2 Å². The standard InChI is InChI=1S/C10H16O3Si/c1-4-13-9-5-7-10(8-6-9)14(11-2)12-3/h5-8,14H,4H2,1-3H3. The molecule has 0 fully saturated rings. The third kappa shape index (κ3) is 2.83. The lowest BCUT2D eigenvalue weighted by atomic mass is 10.3. The largest absolute Gasteiger partial charge is 0.494 e. The number of hydrogen-bond acceptors (Lipinski definition) is 3. The molecule has 0 saturated carbocycles. The molecule has 14 heavy (non-hydrogen) atoms. The fourth-order valence-corrected chi connectivity index (χ4v) is 2.50. The van der Waals surface area contributed by atoms with Gasteiger partial charge in [0.25, 0.3) is 0 Å². The minimum atomic E-state index is -1.65. The van der Waals surface area contributed by atoms with Crippen molar-refractivity contribution in [3.63, 3.8) is 0 Å². The first-order chi connectivity index (χ1) is 6.81. The summed E-state index contributed by atoms with van der Waals surface area (Å²) >= 11 is 0. The molecule has 1 rings (SSSR count). The van der Waals surface area contributed by atoms with Crippen LogP contribution in [0.25, 0.3) is 0 Å². The zero-order valence-electron chi connectivity index (χ0n) is 8.82. The molecule has 0 aliphatic heterocycles. The molecule has 1 aromatic carbocycles. The third-order valence-electron chi connectivity index (χ3n) is 1.89. The lowest BCUT2D eigenvalue weighted by Gasteiger charge is -2.11. The fraction of sp³-hybridized carbons (Fsp3) is 0.400. The highest BCUT2D eigenvalue weighted by Crippen LogP contribution is 2.07. The molecule has 0 unspecified atom stereocenters. The third-order valence-corrected chi connectivity index (χ3v) is 3.68. The van der Waals surface area contributed by atoms with E-state index < -0.39 is 9.28 Å². The van der Waals surface area contributed by atoms with E-state index in [0.717, 1.165) is 10.9 Å². The molecule has 0 saturated heterocycles. The van der Waals surface area contributed by atoms with Gasteiger partial charge in [-0.15, -0.1) is 0 Å². The summed E-state index contributed by atoms with van der Waals surface area (Å²) in [5.41, 5.74) is 0. The summed E-state index contributed by atoms with van der Waals surface area (Å²) < 4.78 is 15.9. The zero-order valence-corrected chi connectivity index (χ0v) is 9.97. The van der Waals surface area contributed by atoms with Crippen LogP contribution in [0.1, 0.15) is 6.92 Å². The van der Waals surface area contributed by atoms with Gasteiger partial charge >= 0.3 is 9.28 Å². The molecule has 1 aromatic rings. The van der Waals surface area contributed by atoms with E-state index in [1.807, 2.05) is 31.2 Å². The Morgan fingerprint density at radius 3 is 2.07 bits per heavy atom. The molecule has 4 heteroatoms. The van der Waals surface area contributed by atoms with Crippen LogP contribution in [0.3, 0.4) is 0 Å². The summed E-state index contributed by atoms with van der Waals surface area (Å²) in [4.78, 5) is 0. The highest BCUT2D eigenvalue weighted by Gasteiger charge is 2.12. The van der Waals surface area contributed by atoms with Crippen molar-refractivity contribution in [2.75, 3.05) is 20.8 Å². The van der Waals surface area contributed by atoms with Gasteiger partial charge < -0.3 is 13.6 Å². The van der Waals surface area contributed by atoms with Crippen LogP contribution in [0.2, 0.25) is 0 Å². The van der Waals surface area contributed by atoms with Crippen LogP contribution in [-0.2, 0) is 8.85 Å². The van der Waals surface area contributed by atoms with Gasteiger partial charge in [-0.1, -0.05) is 12.1 Å². The zero-order chi connectivity index (χ0) is 10.4. The molecule has 78 valence electrons. The van der Waals surface area contributed by atoms with Crippen LogP contribution in [0.15, 0.2) is 24.3 Å². The van der Waals surface area contributed by atoms with Crippen LogP contribution in [0.5, 0.6) is 5.75 Å². The molecule has 0 bridgehead atoms. The van der Waals surface area contributed by atoms with E-state index in [0.29, 0.717) is 6.61 Å². The molecule has 0 N–H and O–H groups in total. The lowest BCUT2D eigenvalue weighted by Crippen LogP contribution is -2.34. The molecular formula is C10H16O3Si. The van der Waals surface area contributed by atoms with Gasteiger partial charge in [-0.3, -0.25) is 0 Å². The second-order valence-electron chi connectivity index (χ2n) is 2.81. The van der Waals surface area contributed by atoms with E-state index in [9.17, 15) is 0 Å². The van der Waals surface area contributed by atoms with Crippen molar-refractivity contribution in [1.82, 2.24) is 0 Å². The molecule has 0 amide bonds. The van der Waals surface area contributed by atoms with Crippen LogP contribution in [-0.4, -0.2) is 30.1 Å². The summed E-state index contributed by atoms with van der Waals surface area (Å²) in [6, 6.07) is 7.87. The van der Waals surface area contributed by atoms with Gasteiger partial charge in [-0.2, -0.15) is 0 Å². The summed E-state index contributed by atoms with van der Waals surface area (Å²) in [6.07, 6.45) is 0. The maximum Gasteiger partial charge on any atom is 0.355 e. The van der Waals surface area contributed by atoms with Crippen molar-refractivity contribution in [2.45, 2.75) is 6.92 Å². The van der Waals surface area contributed by atoms with Crippen molar-refractivity contribution in [3.05, 3.63) is 24.3 Å². The monoisotopic (exact) mass is 212 g/mol. The first kappa shape index (κ1) is 11.2. The van der Waals surface area contributed by atoms with E-state index in [4.69, 9.17) is 13.6 Å². The highest BCUT2D eigenvalue weighted by molar-refractivity contribution is 6.61. The van der Waals surface area contributed by atoms with Crippen molar-refractivity contribution < 1.29 is 13.6 Å². The Morgan fingerprint density at radius 1 is 1.07 bits per heavy atom. The number of benzene rings is 1. The molecule has 0 heterocycles. The SMILES string of the molecule is CCOc1ccc([SiH](OC)OC)cc1. The van der Waals surface area contributed by atoms with Crippen LogP contribution >= 0.6 is 0 Å². The second-order valence-corrected chi connectivity index (χ2v) is 5.08.